The van der Waals surface area contributed by atoms with E-state index < -0.39 is 11.5 Å². The molecule has 2 aliphatic rings. The molecule has 174 valence electrons. The summed E-state index contributed by atoms with van der Waals surface area (Å²) in [6, 6.07) is 10.6. The van der Waals surface area contributed by atoms with Crippen LogP contribution in [0.4, 0.5) is 11.5 Å². The summed E-state index contributed by atoms with van der Waals surface area (Å²) in [6.07, 6.45) is 0.264. The van der Waals surface area contributed by atoms with Crippen molar-refractivity contribution >= 4 is 34.4 Å². The molecule has 0 unspecified atom stereocenters. The van der Waals surface area contributed by atoms with Gasteiger partial charge < -0.3 is 25.0 Å². The molecule has 3 N–H and O–H groups in total. The first-order chi connectivity index (χ1) is 16.4. The number of morpholine rings is 1. The number of carbonyl (C=O) groups is 2. The lowest BCUT2D eigenvalue weighted by Crippen LogP contribution is -2.37. The average molecular weight is 460 g/mol. The zero-order chi connectivity index (χ0) is 23.7. The summed E-state index contributed by atoms with van der Waals surface area (Å²) in [4.78, 5) is 33.2. The van der Waals surface area contributed by atoms with Crippen molar-refractivity contribution in [1.82, 2.24) is 20.1 Å². The standard InChI is InChI=1S/C24H24N6O4/c1-29-10-9-24(33,23(29)32)8-7-16-3-2-4-17(15-16)25-22(31)20-18-5-6-19(26-21(18)28-27-20)30-11-13-34-14-12-30/h2-6,15,33H,9-14H2,1H3,(H,25,31)(H,26,27,28)/t24-/m0/s1. The largest absolute Gasteiger partial charge is 0.378 e. The Hall–Kier alpha value is -3.94. The predicted molar refractivity (Wildman–Crippen MR) is 125 cm³/mol. The SMILES string of the molecule is CN1CC[C@@](O)(C#Cc2cccc(NC(=O)c3[nH]nc4nc(N5CCOCC5)ccc34)c2)C1=O. The van der Waals surface area contributed by atoms with Crippen LogP contribution in [0.25, 0.3) is 11.0 Å². The molecule has 10 nitrogen and oxygen atoms in total. The molecule has 0 radical (unpaired) electrons. The highest BCUT2D eigenvalue weighted by Crippen LogP contribution is 2.23. The van der Waals surface area contributed by atoms with Crippen LogP contribution in [0.3, 0.4) is 0 Å². The van der Waals surface area contributed by atoms with Crippen molar-refractivity contribution in [1.29, 1.82) is 0 Å². The predicted octanol–water partition coefficient (Wildman–Crippen LogP) is 0.991. The molecule has 3 aromatic rings. The number of likely N-dealkylation sites (tertiary alicyclic amines) is 1. The minimum Gasteiger partial charge on any atom is -0.378 e. The van der Waals surface area contributed by atoms with Gasteiger partial charge in [-0.15, -0.1) is 0 Å². The molecule has 2 saturated heterocycles. The average Bonchev–Trinajstić information content (AvgIpc) is 3.40. The Bertz CT molecular complexity index is 1320. The second-order valence-electron chi connectivity index (χ2n) is 8.36. The molecule has 2 aliphatic heterocycles. The first-order valence-electron chi connectivity index (χ1n) is 11.0. The summed E-state index contributed by atoms with van der Waals surface area (Å²) in [5.74, 6) is 5.57. The van der Waals surface area contributed by atoms with E-state index in [0.717, 1.165) is 18.9 Å². The van der Waals surface area contributed by atoms with Crippen molar-refractivity contribution < 1.29 is 19.4 Å². The van der Waals surface area contributed by atoms with Crippen molar-refractivity contribution in [2.24, 2.45) is 0 Å². The summed E-state index contributed by atoms with van der Waals surface area (Å²) in [5, 5.41) is 20.9. The molecular weight excluding hydrogens is 436 g/mol. The molecule has 2 aromatic heterocycles. The molecule has 2 amide bonds. The number of carbonyl (C=O) groups excluding carboxylic acids is 2. The number of fused-ring (bicyclic) bond motifs is 1. The Balaban J connectivity index is 1.32. The lowest BCUT2D eigenvalue weighted by atomic mass is 10.0. The Labute approximate surface area is 195 Å². The van der Waals surface area contributed by atoms with Gasteiger partial charge >= 0.3 is 0 Å². The van der Waals surface area contributed by atoms with Gasteiger partial charge in [0.25, 0.3) is 11.8 Å². The molecule has 5 rings (SSSR count). The third-order valence-corrected chi connectivity index (χ3v) is 6.01. The van der Waals surface area contributed by atoms with Gasteiger partial charge in [0, 0.05) is 44.4 Å². The zero-order valence-electron chi connectivity index (χ0n) is 18.7. The third kappa shape index (κ3) is 4.19. The van der Waals surface area contributed by atoms with Gasteiger partial charge in [0.1, 0.15) is 11.5 Å². The minimum atomic E-state index is -1.67. The van der Waals surface area contributed by atoms with E-state index >= 15 is 0 Å². The van der Waals surface area contributed by atoms with Gasteiger partial charge in [0.2, 0.25) is 5.60 Å². The monoisotopic (exact) mass is 460 g/mol. The van der Waals surface area contributed by atoms with E-state index in [0.29, 0.717) is 47.7 Å². The fraction of sp³-hybridized carbons (Fsp3) is 0.333. The van der Waals surface area contributed by atoms with Crippen LogP contribution in [-0.2, 0) is 9.53 Å². The van der Waals surface area contributed by atoms with E-state index in [1.54, 1.807) is 31.3 Å². The Morgan fingerprint density at radius 2 is 2.06 bits per heavy atom. The Morgan fingerprint density at radius 3 is 2.82 bits per heavy atom. The summed E-state index contributed by atoms with van der Waals surface area (Å²) in [5.41, 5.74) is 0.199. The highest BCUT2D eigenvalue weighted by Gasteiger charge is 2.42. The van der Waals surface area contributed by atoms with Gasteiger partial charge in [-0.2, -0.15) is 5.10 Å². The lowest BCUT2D eigenvalue weighted by molar-refractivity contribution is -0.137. The van der Waals surface area contributed by atoms with Crippen molar-refractivity contribution in [3.8, 4) is 11.8 Å². The zero-order valence-corrected chi connectivity index (χ0v) is 18.7. The summed E-state index contributed by atoms with van der Waals surface area (Å²) >= 11 is 0. The quantitative estimate of drug-likeness (QED) is 0.498. The minimum absolute atomic E-state index is 0.264. The van der Waals surface area contributed by atoms with E-state index in [9.17, 15) is 14.7 Å². The highest BCUT2D eigenvalue weighted by atomic mass is 16.5. The molecular formula is C24H24N6O4. The Morgan fingerprint density at radius 1 is 1.24 bits per heavy atom. The number of aromatic amines is 1. The van der Waals surface area contributed by atoms with Crippen LogP contribution in [0.2, 0.25) is 0 Å². The molecule has 4 heterocycles. The number of rotatable bonds is 3. The summed E-state index contributed by atoms with van der Waals surface area (Å²) < 4.78 is 5.38. The number of ether oxygens (including phenoxy) is 1. The maximum Gasteiger partial charge on any atom is 0.274 e. The smallest absolute Gasteiger partial charge is 0.274 e. The number of anilines is 2. The van der Waals surface area contributed by atoms with Crippen LogP contribution < -0.4 is 10.2 Å². The molecule has 34 heavy (non-hydrogen) atoms. The van der Waals surface area contributed by atoms with Crippen LogP contribution >= 0.6 is 0 Å². The van der Waals surface area contributed by atoms with Crippen molar-refractivity contribution in [2.75, 3.05) is 50.1 Å². The number of pyridine rings is 1. The number of nitrogens with one attached hydrogen (secondary N) is 2. The number of likely N-dealkylation sites (N-methyl/N-ethyl adjacent to an activating group) is 1. The van der Waals surface area contributed by atoms with E-state index in [-0.39, 0.29) is 12.3 Å². The molecule has 1 atom stereocenters. The van der Waals surface area contributed by atoms with Crippen molar-refractivity contribution in [2.45, 2.75) is 12.0 Å². The number of aliphatic hydroxyl groups is 1. The fourth-order valence-corrected chi connectivity index (χ4v) is 4.04. The van der Waals surface area contributed by atoms with Crippen LogP contribution in [0, 0.1) is 11.8 Å². The normalized spacial score (nSPS) is 20.4. The van der Waals surface area contributed by atoms with Crippen LogP contribution in [0.15, 0.2) is 36.4 Å². The highest BCUT2D eigenvalue weighted by molar-refractivity contribution is 6.10. The van der Waals surface area contributed by atoms with E-state index in [1.165, 1.54) is 4.90 Å². The number of benzene rings is 1. The molecule has 0 saturated carbocycles. The first kappa shape index (κ1) is 21.9. The summed E-state index contributed by atoms with van der Waals surface area (Å²) in [6.45, 7) is 3.30. The molecule has 1 aromatic carbocycles. The molecule has 2 fully saturated rings. The number of nitrogens with zero attached hydrogens (tertiary/aromatic N) is 4. The van der Waals surface area contributed by atoms with Crippen molar-refractivity contribution in [3.63, 3.8) is 0 Å². The topological polar surface area (TPSA) is 124 Å². The molecule has 0 bridgehead atoms. The van der Waals surface area contributed by atoms with E-state index in [4.69, 9.17) is 4.74 Å². The van der Waals surface area contributed by atoms with Gasteiger partial charge in [0.15, 0.2) is 5.65 Å². The van der Waals surface area contributed by atoms with Gasteiger partial charge in [-0.1, -0.05) is 17.9 Å². The molecule has 10 heteroatoms. The Kier molecular flexibility index (Phi) is 5.65. The van der Waals surface area contributed by atoms with E-state index in [2.05, 4.69) is 37.2 Å². The second-order valence-corrected chi connectivity index (χ2v) is 8.36. The first-order valence-corrected chi connectivity index (χ1v) is 11.0. The molecule has 0 spiro atoms. The molecule has 0 aliphatic carbocycles. The maximum absolute atomic E-state index is 12.9. The van der Waals surface area contributed by atoms with Gasteiger partial charge in [-0.25, -0.2) is 4.98 Å². The summed E-state index contributed by atoms with van der Waals surface area (Å²) in [7, 11) is 1.64. The lowest BCUT2D eigenvalue weighted by Gasteiger charge is -2.27. The van der Waals surface area contributed by atoms with Crippen LogP contribution in [0.5, 0.6) is 0 Å². The maximum atomic E-state index is 12.9. The fourth-order valence-electron chi connectivity index (χ4n) is 4.04. The van der Waals surface area contributed by atoms with Gasteiger partial charge in [-0.3, -0.25) is 14.7 Å². The van der Waals surface area contributed by atoms with E-state index in [1.807, 2.05) is 12.1 Å². The number of H-pyrrole nitrogens is 1. The number of amides is 2. The second kappa shape index (κ2) is 8.78. The van der Waals surface area contributed by atoms with Gasteiger partial charge in [-0.05, 0) is 30.3 Å². The van der Waals surface area contributed by atoms with Crippen molar-refractivity contribution in [3.05, 3.63) is 47.7 Å². The number of hydrogen-bond donors (Lipinski definition) is 3. The number of hydrogen-bond acceptors (Lipinski definition) is 7. The van der Waals surface area contributed by atoms with Gasteiger partial charge in [0.05, 0.1) is 18.6 Å². The van der Waals surface area contributed by atoms with Crippen LogP contribution in [0.1, 0.15) is 22.5 Å². The third-order valence-electron chi connectivity index (χ3n) is 6.01. The van der Waals surface area contributed by atoms with Crippen LogP contribution in [-0.4, -0.2) is 82.5 Å². The number of aromatic nitrogens is 3.